The predicted octanol–water partition coefficient (Wildman–Crippen LogP) is 3.24. The highest BCUT2D eigenvalue weighted by atomic mass is 15.2. The average molecular weight is 270 g/mol. The highest BCUT2D eigenvalue weighted by molar-refractivity contribution is 5.46. The molecule has 4 heteroatoms. The molecule has 0 aliphatic rings. The standard InChI is InChI=1S/C16H22N4/c1-12(2)20(11-14-8-6-5-7-9-14)15-10-13(3)18-16(17-4)19-15/h5-10,12H,11H2,1-4H3,(H,17,18,19). The van der Waals surface area contributed by atoms with Crippen LogP contribution in [0.5, 0.6) is 0 Å². The maximum atomic E-state index is 4.57. The van der Waals surface area contributed by atoms with Crippen LogP contribution in [0.25, 0.3) is 0 Å². The van der Waals surface area contributed by atoms with Gasteiger partial charge in [-0.1, -0.05) is 30.3 Å². The molecule has 0 amide bonds. The van der Waals surface area contributed by atoms with Crippen molar-refractivity contribution in [1.82, 2.24) is 9.97 Å². The topological polar surface area (TPSA) is 41.1 Å². The van der Waals surface area contributed by atoms with Crippen LogP contribution in [-0.4, -0.2) is 23.1 Å². The zero-order valence-electron chi connectivity index (χ0n) is 12.6. The molecule has 1 N–H and O–H groups in total. The van der Waals surface area contributed by atoms with E-state index in [1.165, 1.54) is 5.56 Å². The number of nitrogens with one attached hydrogen (secondary N) is 1. The number of hydrogen-bond donors (Lipinski definition) is 1. The van der Waals surface area contributed by atoms with E-state index in [0.717, 1.165) is 18.1 Å². The Labute approximate surface area is 120 Å². The minimum atomic E-state index is 0.370. The second-order valence-electron chi connectivity index (χ2n) is 5.15. The predicted molar refractivity (Wildman–Crippen MR) is 84.1 cm³/mol. The molecule has 0 atom stereocenters. The van der Waals surface area contributed by atoms with E-state index in [0.29, 0.717) is 12.0 Å². The van der Waals surface area contributed by atoms with Crippen molar-refractivity contribution < 1.29 is 0 Å². The summed E-state index contributed by atoms with van der Waals surface area (Å²) in [5.41, 5.74) is 2.25. The van der Waals surface area contributed by atoms with Crippen LogP contribution in [0.4, 0.5) is 11.8 Å². The van der Waals surface area contributed by atoms with Crippen molar-refractivity contribution in [2.45, 2.75) is 33.4 Å². The third kappa shape index (κ3) is 3.47. The second-order valence-corrected chi connectivity index (χ2v) is 5.15. The molecule has 1 aromatic heterocycles. The summed E-state index contributed by atoms with van der Waals surface area (Å²) in [7, 11) is 1.84. The Morgan fingerprint density at radius 1 is 1.15 bits per heavy atom. The van der Waals surface area contributed by atoms with Gasteiger partial charge in [-0.15, -0.1) is 0 Å². The van der Waals surface area contributed by atoms with E-state index in [1.807, 2.05) is 26.1 Å². The molecule has 0 aliphatic carbocycles. The van der Waals surface area contributed by atoms with Crippen molar-refractivity contribution in [2.24, 2.45) is 0 Å². The molecule has 0 bridgehead atoms. The fraction of sp³-hybridized carbons (Fsp3) is 0.375. The Kier molecular flexibility index (Phi) is 4.56. The van der Waals surface area contributed by atoms with Gasteiger partial charge in [0.1, 0.15) is 5.82 Å². The van der Waals surface area contributed by atoms with Crippen molar-refractivity contribution in [3.63, 3.8) is 0 Å². The Hall–Kier alpha value is -2.10. The number of nitrogens with zero attached hydrogens (tertiary/aromatic N) is 3. The van der Waals surface area contributed by atoms with E-state index in [9.17, 15) is 0 Å². The molecular formula is C16H22N4. The molecule has 0 aliphatic heterocycles. The summed E-state index contributed by atoms with van der Waals surface area (Å²) >= 11 is 0. The van der Waals surface area contributed by atoms with Crippen molar-refractivity contribution in [1.29, 1.82) is 0 Å². The van der Waals surface area contributed by atoms with Crippen LogP contribution in [0, 0.1) is 6.92 Å². The maximum Gasteiger partial charge on any atom is 0.224 e. The summed E-state index contributed by atoms with van der Waals surface area (Å²) in [6, 6.07) is 12.9. The summed E-state index contributed by atoms with van der Waals surface area (Å²) in [6.45, 7) is 7.20. The van der Waals surface area contributed by atoms with E-state index in [1.54, 1.807) is 0 Å². The van der Waals surface area contributed by atoms with Crippen LogP contribution >= 0.6 is 0 Å². The van der Waals surface area contributed by atoms with Crippen LogP contribution < -0.4 is 10.2 Å². The molecule has 0 saturated carbocycles. The number of aryl methyl sites for hydroxylation is 1. The average Bonchev–Trinajstić information content (AvgIpc) is 2.44. The smallest absolute Gasteiger partial charge is 0.224 e. The number of hydrogen-bond acceptors (Lipinski definition) is 4. The van der Waals surface area contributed by atoms with Gasteiger partial charge in [-0.2, -0.15) is 4.98 Å². The van der Waals surface area contributed by atoms with E-state index in [2.05, 4.69) is 58.3 Å². The maximum absolute atomic E-state index is 4.57. The van der Waals surface area contributed by atoms with Crippen molar-refractivity contribution >= 4 is 11.8 Å². The van der Waals surface area contributed by atoms with E-state index < -0.39 is 0 Å². The van der Waals surface area contributed by atoms with Gasteiger partial charge in [0.2, 0.25) is 5.95 Å². The number of anilines is 2. The summed E-state index contributed by atoms with van der Waals surface area (Å²) < 4.78 is 0. The molecule has 0 saturated heterocycles. The van der Waals surface area contributed by atoms with Gasteiger partial charge < -0.3 is 10.2 Å². The van der Waals surface area contributed by atoms with Crippen LogP contribution in [0.1, 0.15) is 25.1 Å². The first-order chi connectivity index (χ1) is 9.60. The fourth-order valence-corrected chi connectivity index (χ4v) is 2.12. The molecule has 1 aromatic carbocycles. The largest absolute Gasteiger partial charge is 0.357 e. The Morgan fingerprint density at radius 2 is 1.85 bits per heavy atom. The zero-order valence-corrected chi connectivity index (χ0v) is 12.6. The lowest BCUT2D eigenvalue weighted by Gasteiger charge is -2.28. The summed E-state index contributed by atoms with van der Waals surface area (Å²) in [4.78, 5) is 11.2. The molecule has 106 valence electrons. The van der Waals surface area contributed by atoms with Gasteiger partial charge in [0.05, 0.1) is 0 Å². The van der Waals surface area contributed by atoms with Crippen molar-refractivity contribution in [3.8, 4) is 0 Å². The second kappa shape index (κ2) is 6.37. The van der Waals surface area contributed by atoms with Gasteiger partial charge in [0, 0.05) is 31.4 Å². The minimum absolute atomic E-state index is 0.370. The first kappa shape index (κ1) is 14.3. The van der Waals surface area contributed by atoms with Gasteiger partial charge in [-0.25, -0.2) is 4.98 Å². The van der Waals surface area contributed by atoms with Gasteiger partial charge in [-0.3, -0.25) is 0 Å². The first-order valence-corrected chi connectivity index (χ1v) is 6.94. The van der Waals surface area contributed by atoms with Crippen molar-refractivity contribution in [2.75, 3.05) is 17.3 Å². The molecule has 4 nitrogen and oxygen atoms in total. The quantitative estimate of drug-likeness (QED) is 0.905. The number of rotatable bonds is 5. The van der Waals surface area contributed by atoms with Crippen LogP contribution in [0.3, 0.4) is 0 Å². The van der Waals surface area contributed by atoms with Crippen LogP contribution in [-0.2, 0) is 6.54 Å². The third-order valence-electron chi connectivity index (χ3n) is 3.18. The van der Waals surface area contributed by atoms with E-state index in [4.69, 9.17) is 0 Å². The Bertz CT molecular complexity index is 552. The molecule has 2 aromatic rings. The SMILES string of the molecule is CNc1nc(C)cc(N(Cc2ccccc2)C(C)C)n1. The Balaban J connectivity index is 2.31. The van der Waals surface area contributed by atoms with Gasteiger partial charge in [0.15, 0.2) is 0 Å². The molecule has 20 heavy (non-hydrogen) atoms. The lowest BCUT2D eigenvalue weighted by Crippen LogP contribution is -2.31. The molecule has 1 heterocycles. The molecule has 0 unspecified atom stereocenters. The minimum Gasteiger partial charge on any atom is -0.357 e. The molecule has 2 rings (SSSR count). The first-order valence-electron chi connectivity index (χ1n) is 6.94. The van der Waals surface area contributed by atoms with Crippen LogP contribution in [0.2, 0.25) is 0 Å². The summed E-state index contributed by atoms with van der Waals surface area (Å²) in [5, 5.41) is 3.02. The third-order valence-corrected chi connectivity index (χ3v) is 3.18. The molecule has 0 radical (unpaired) electrons. The van der Waals surface area contributed by atoms with Crippen molar-refractivity contribution in [3.05, 3.63) is 47.7 Å². The van der Waals surface area contributed by atoms with E-state index >= 15 is 0 Å². The number of aromatic nitrogens is 2. The lowest BCUT2D eigenvalue weighted by atomic mass is 10.2. The summed E-state index contributed by atoms with van der Waals surface area (Å²) in [6.07, 6.45) is 0. The van der Waals surface area contributed by atoms with Gasteiger partial charge in [0.25, 0.3) is 0 Å². The zero-order chi connectivity index (χ0) is 14.5. The van der Waals surface area contributed by atoms with E-state index in [-0.39, 0.29) is 0 Å². The lowest BCUT2D eigenvalue weighted by molar-refractivity contribution is 0.671. The highest BCUT2D eigenvalue weighted by Crippen LogP contribution is 2.20. The molecule has 0 fully saturated rings. The normalized spacial score (nSPS) is 10.7. The van der Waals surface area contributed by atoms with Gasteiger partial charge >= 0.3 is 0 Å². The Morgan fingerprint density at radius 3 is 2.45 bits per heavy atom. The highest BCUT2D eigenvalue weighted by Gasteiger charge is 2.14. The molecular weight excluding hydrogens is 248 g/mol. The number of benzene rings is 1. The monoisotopic (exact) mass is 270 g/mol. The van der Waals surface area contributed by atoms with Crippen LogP contribution in [0.15, 0.2) is 36.4 Å². The molecule has 0 spiro atoms. The fourth-order valence-electron chi connectivity index (χ4n) is 2.12. The van der Waals surface area contributed by atoms with Gasteiger partial charge in [-0.05, 0) is 26.3 Å². The summed E-state index contributed by atoms with van der Waals surface area (Å²) in [5.74, 6) is 1.62.